The van der Waals surface area contributed by atoms with Crippen LogP contribution < -0.4 is 14.5 Å². The molecule has 1 aromatic carbocycles. The second-order valence-electron chi connectivity index (χ2n) is 10.4. The Bertz CT molecular complexity index is 1450. The highest BCUT2D eigenvalue weighted by Gasteiger charge is 2.57. The molecule has 1 saturated heterocycles. The van der Waals surface area contributed by atoms with Gasteiger partial charge in [0.2, 0.25) is 0 Å². The fourth-order valence-corrected chi connectivity index (χ4v) is 7.07. The number of aliphatic hydroxyl groups excluding tert-OH is 1. The van der Waals surface area contributed by atoms with Crippen LogP contribution in [-0.2, 0) is 30.6 Å². The van der Waals surface area contributed by atoms with Crippen LogP contribution in [0.5, 0.6) is 5.75 Å². The van der Waals surface area contributed by atoms with E-state index in [-0.39, 0.29) is 12.0 Å². The van der Waals surface area contributed by atoms with Crippen molar-refractivity contribution >= 4 is 53.0 Å². The van der Waals surface area contributed by atoms with Gasteiger partial charge in [0.1, 0.15) is 29.3 Å². The highest BCUT2D eigenvalue weighted by molar-refractivity contribution is 8.09. The third-order valence-corrected chi connectivity index (χ3v) is 9.34. The lowest BCUT2D eigenvalue weighted by atomic mass is 9.99. The number of anilines is 1. The van der Waals surface area contributed by atoms with Gasteiger partial charge in [-0.15, -0.1) is 11.6 Å². The molecule has 42 heavy (non-hydrogen) atoms. The number of aromatic nitrogens is 4. The minimum atomic E-state index is -3.53. The molecule has 4 rings (SSSR count). The van der Waals surface area contributed by atoms with Gasteiger partial charge in [-0.25, -0.2) is 24.4 Å². The number of fused-ring (bicyclic) bond motifs is 1. The number of benzene rings is 1. The second kappa shape index (κ2) is 13.0. The molecule has 2 N–H and O–H groups in total. The lowest BCUT2D eigenvalue weighted by Crippen LogP contribution is -2.48. The Labute approximate surface area is 253 Å². The van der Waals surface area contributed by atoms with Crippen molar-refractivity contribution in [2.75, 3.05) is 31.5 Å². The number of ether oxygens (including phenoxy) is 2. The highest BCUT2D eigenvalue weighted by Crippen LogP contribution is 2.49. The first-order chi connectivity index (χ1) is 19.8. The molecule has 230 valence electrons. The van der Waals surface area contributed by atoms with Crippen LogP contribution in [0.25, 0.3) is 11.2 Å². The molecule has 16 heteroatoms. The summed E-state index contributed by atoms with van der Waals surface area (Å²) in [5, 5.41) is 14.0. The van der Waals surface area contributed by atoms with Crippen molar-refractivity contribution in [2.24, 2.45) is 0 Å². The van der Waals surface area contributed by atoms with E-state index in [9.17, 15) is 9.90 Å². The van der Waals surface area contributed by atoms with E-state index in [1.165, 1.54) is 10.9 Å². The molecule has 3 aromatic rings. The average Bonchev–Trinajstić information content (AvgIpc) is 3.45. The largest absolute Gasteiger partial charge is 0.462 e. The molecule has 2 aromatic heterocycles. The summed E-state index contributed by atoms with van der Waals surface area (Å²) in [5.41, 5.74) is -0.968. The van der Waals surface area contributed by atoms with Gasteiger partial charge < -0.3 is 28.5 Å². The maximum absolute atomic E-state index is 15.8. The van der Waals surface area contributed by atoms with Crippen LogP contribution in [0.3, 0.4) is 0 Å². The van der Waals surface area contributed by atoms with Crippen LogP contribution >= 0.6 is 18.2 Å². The van der Waals surface area contributed by atoms with Crippen LogP contribution in [0.15, 0.2) is 36.7 Å². The highest BCUT2D eigenvalue weighted by atomic mass is 35.5. The number of esters is 1. The summed E-state index contributed by atoms with van der Waals surface area (Å²) in [6.45, 7) is 2.74. The summed E-state index contributed by atoms with van der Waals surface area (Å²) in [4.78, 5) is 27.6. The summed E-state index contributed by atoms with van der Waals surface area (Å²) in [5.74, 6) is 0.466. The number of carbonyl (C=O) groups is 1. The molecule has 0 saturated carbocycles. The van der Waals surface area contributed by atoms with E-state index in [1.54, 1.807) is 62.9 Å². The molecule has 0 aliphatic carbocycles. The van der Waals surface area contributed by atoms with Gasteiger partial charge >= 0.3 is 12.6 Å². The topological polar surface area (TPSA) is 133 Å². The summed E-state index contributed by atoms with van der Waals surface area (Å²) in [7, 11) is 3.62. The number of nitrogens with one attached hydrogen (secondary N) is 1. The minimum absolute atomic E-state index is 0.328. The molecule has 1 aliphatic heterocycles. The van der Waals surface area contributed by atoms with Crippen LogP contribution in [0.4, 0.5) is 10.2 Å². The predicted molar refractivity (Wildman–Crippen MR) is 160 cm³/mol. The normalized spacial score (nSPS) is 24.5. The molecule has 0 radical (unpaired) electrons. The van der Waals surface area contributed by atoms with Crippen molar-refractivity contribution in [1.82, 2.24) is 24.6 Å². The predicted octanol–water partition coefficient (Wildman–Crippen LogP) is 3.66. The number of nitrogens with zero attached hydrogens (tertiary/aromatic N) is 5. The van der Waals surface area contributed by atoms with Crippen molar-refractivity contribution in [1.29, 1.82) is 0 Å². The summed E-state index contributed by atoms with van der Waals surface area (Å²) >= 11 is 12.1. The molecule has 1 aliphatic rings. The zero-order valence-corrected chi connectivity index (χ0v) is 26.6. The number of halogens is 2. The van der Waals surface area contributed by atoms with Crippen molar-refractivity contribution in [3.05, 3.63) is 42.5 Å². The molecule has 1 fully saturated rings. The molecule has 0 spiro atoms. The standard InChI is InChI=1S/C26H35ClFN6O6PS/c1-15(2)38-25(36)16(3)32-41(42,40-18-10-8-7-9-11-18)37-13-26(12-27)21(35)19(28)24(39-26)34-14-29-20-22(33(5)6)30-17(4)31-23(20)34/h7-11,14-16,19,21,24,35H,12-13H2,1-6H3,(H,32,42)/t16-,19+,21+,24-,26-,41?/m1/s1. The number of imidazole rings is 1. The van der Waals surface area contributed by atoms with Gasteiger partial charge in [-0.05, 0) is 51.6 Å². The third-order valence-electron chi connectivity index (χ3n) is 6.41. The van der Waals surface area contributed by atoms with E-state index in [0.29, 0.717) is 28.6 Å². The number of aryl methyl sites for hydroxylation is 1. The smallest absolute Gasteiger partial charge is 0.323 e. The number of hydrogen-bond donors (Lipinski definition) is 2. The van der Waals surface area contributed by atoms with Gasteiger partial charge in [0.15, 0.2) is 29.4 Å². The first-order valence-electron chi connectivity index (χ1n) is 13.2. The third kappa shape index (κ3) is 6.85. The van der Waals surface area contributed by atoms with E-state index >= 15 is 4.39 Å². The Balaban J connectivity index is 1.62. The van der Waals surface area contributed by atoms with Crippen LogP contribution in [0.1, 0.15) is 32.8 Å². The van der Waals surface area contributed by atoms with Crippen LogP contribution in [-0.4, -0.2) is 87.2 Å². The van der Waals surface area contributed by atoms with Crippen LogP contribution in [0, 0.1) is 6.92 Å². The molecule has 6 atom stereocenters. The molecule has 3 heterocycles. The molecule has 12 nitrogen and oxygen atoms in total. The van der Waals surface area contributed by atoms with Gasteiger partial charge in [-0.1, -0.05) is 18.2 Å². The van der Waals surface area contributed by atoms with E-state index in [0.717, 1.165) is 0 Å². The Hall–Kier alpha value is -2.45. The van der Waals surface area contributed by atoms with Gasteiger partial charge in [-0.2, -0.15) is 0 Å². The van der Waals surface area contributed by atoms with Crippen molar-refractivity contribution in [3.8, 4) is 5.75 Å². The maximum atomic E-state index is 15.8. The number of rotatable bonds is 12. The van der Waals surface area contributed by atoms with E-state index < -0.39 is 49.4 Å². The zero-order chi connectivity index (χ0) is 30.8. The van der Waals surface area contributed by atoms with Crippen LogP contribution in [0.2, 0.25) is 0 Å². The van der Waals surface area contributed by atoms with Crippen molar-refractivity contribution in [2.45, 2.75) is 63.9 Å². The first-order valence-corrected chi connectivity index (χ1v) is 16.4. The van der Waals surface area contributed by atoms with E-state index in [1.807, 2.05) is 14.1 Å². The monoisotopic (exact) mass is 644 g/mol. The van der Waals surface area contributed by atoms with E-state index in [2.05, 4.69) is 20.0 Å². The number of carbonyl (C=O) groups excluding carboxylic acids is 1. The minimum Gasteiger partial charge on any atom is -0.462 e. The Morgan fingerprint density at radius 2 is 2.00 bits per heavy atom. The lowest BCUT2D eigenvalue weighted by Gasteiger charge is -2.33. The Morgan fingerprint density at radius 3 is 2.62 bits per heavy atom. The Morgan fingerprint density at radius 1 is 1.31 bits per heavy atom. The quantitative estimate of drug-likeness (QED) is 0.169. The number of para-hydroxylation sites is 1. The average molecular weight is 645 g/mol. The summed E-state index contributed by atoms with van der Waals surface area (Å²) in [6.07, 6.45) is -3.94. The number of hydrogen-bond acceptors (Lipinski definition) is 11. The fourth-order valence-electron chi connectivity index (χ4n) is 4.33. The van der Waals surface area contributed by atoms with Gasteiger partial charge in [0, 0.05) is 14.1 Å². The molecule has 1 unspecified atom stereocenters. The van der Waals surface area contributed by atoms with Gasteiger partial charge in [0.25, 0.3) is 0 Å². The SMILES string of the molecule is Cc1nc(N(C)C)c2ncn([C@@H]3O[C@](CCl)(COP(=S)(N[C@H](C)C(=O)OC(C)C)Oc4ccccc4)[C@@H](O)[C@@H]3F)c2n1. The number of alkyl halides is 2. The lowest BCUT2D eigenvalue weighted by molar-refractivity contribution is -0.149. The first kappa shape index (κ1) is 32.5. The molecule has 0 bridgehead atoms. The Kier molecular flexibility index (Phi) is 10.1. The van der Waals surface area contributed by atoms with E-state index in [4.69, 9.17) is 41.9 Å². The maximum Gasteiger partial charge on any atom is 0.323 e. The molecular formula is C26H35ClFN6O6PS. The van der Waals surface area contributed by atoms with Crippen molar-refractivity contribution in [3.63, 3.8) is 0 Å². The van der Waals surface area contributed by atoms with Gasteiger partial charge in [0.05, 0.1) is 24.9 Å². The number of aliphatic hydroxyl groups is 1. The van der Waals surface area contributed by atoms with Gasteiger partial charge in [-0.3, -0.25) is 9.36 Å². The van der Waals surface area contributed by atoms with Crippen molar-refractivity contribution < 1.29 is 32.8 Å². The molecule has 0 amide bonds. The zero-order valence-electron chi connectivity index (χ0n) is 24.1. The fraction of sp³-hybridized carbons (Fsp3) is 0.538. The molecular weight excluding hydrogens is 610 g/mol. The summed E-state index contributed by atoms with van der Waals surface area (Å²) in [6, 6.07) is 7.73. The summed E-state index contributed by atoms with van der Waals surface area (Å²) < 4.78 is 40.7. The second-order valence-corrected chi connectivity index (χ2v) is 13.8.